The largest absolute Gasteiger partial charge is 0.472 e. The highest BCUT2D eigenvalue weighted by Gasteiger charge is 2.40. The molecule has 1 saturated heterocycles. The van der Waals surface area contributed by atoms with E-state index in [2.05, 4.69) is 10.3 Å². The Balaban J connectivity index is 2.14. The molecule has 1 aliphatic heterocycles. The van der Waals surface area contributed by atoms with E-state index in [0.29, 0.717) is 26.2 Å². The van der Waals surface area contributed by atoms with E-state index in [1.807, 2.05) is 25.8 Å². The lowest BCUT2D eigenvalue weighted by molar-refractivity contribution is -0.116. The molecule has 1 aromatic heterocycles. The predicted molar refractivity (Wildman–Crippen MR) is 140 cm³/mol. The molecule has 1 amide bonds. The summed E-state index contributed by atoms with van der Waals surface area (Å²) in [6, 6.07) is 0. The van der Waals surface area contributed by atoms with Crippen molar-refractivity contribution in [3.63, 3.8) is 0 Å². The average molecular weight is 562 g/mol. The van der Waals surface area contributed by atoms with Crippen molar-refractivity contribution >= 4 is 19.8 Å². The number of nitrogens with two attached hydrogens (primary N) is 1. The standard InChI is InChI=1S/C23H40N5O9P/c1-15(2)35-18-12-21(36-19(18)14-34-38(32,33)37-16(3)4)28-13-17(22(30)26-23(28)31)6-7-20(29)25-9-11-27(5)10-8-24/h6-7,13,15-16,18-19,21H,8-12,14,24H2,1-5H3,(H,25,29)(H,32,33)(H,26,30,31)/b7-6+. The molecule has 15 heteroatoms. The molecule has 0 aliphatic carbocycles. The molecule has 1 fully saturated rings. The van der Waals surface area contributed by atoms with Gasteiger partial charge in [0.25, 0.3) is 5.56 Å². The Labute approximate surface area is 221 Å². The highest BCUT2D eigenvalue weighted by Crippen LogP contribution is 2.45. The number of carbonyl (C=O) groups excluding carboxylic acids is 1. The van der Waals surface area contributed by atoms with E-state index in [4.69, 9.17) is 24.3 Å². The van der Waals surface area contributed by atoms with Gasteiger partial charge in [-0.15, -0.1) is 0 Å². The third-order valence-electron chi connectivity index (χ3n) is 5.40. The smallest absolute Gasteiger partial charge is 0.373 e. The van der Waals surface area contributed by atoms with Gasteiger partial charge in [0.05, 0.1) is 30.5 Å². The zero-order chi connectivity index (χ0) is 28.5. The molecule has 1 aromatic rings. The minimum Gasteiger partial charge on any atom is -0.373 e. The van der Waals surface area contributed by atoms with E-state index < -0.39 is 49.5 Å². The van der Waals surface area contributed by atoms with Crippen LogP contribution in [0.2, 0.25) is 0 Å². The van der Waals surface area contributed by atoms with Gasteiger partial charge in [0.15, 0.2) is 0 Å². The molecule has 5 N–H and O–H groups in total. The second-order valence-corrected chi connectivity index (χ2v) is 10.9. The van der Waals surface area contributed by atoms with Crippen molar-refractivity contribution in [3.8, 4) is 0 Å². The molecule has 2 rings (SSSR count). The number of phosphoric ester groups is 1. The molecule has 0 radical (unpaired) electrons. The number of hydrogen-bond donors (Lipinski definition) is 4. The fourth-order valence-corrected chi connectivity index (χ4v) is 4.67. The van der Waals surface area contributed by atoms with Crippen LogP contribution in [0.25, 0.3) is 6.08 Å². The van der Waals surface area contributed by atoms with Gasteiger partial charge in [0, 0.05) is 44.9 Å². The van der Waals surface area contributed by atoms with Crippen molar-refractivity contribution in [2.75, 3.05) is 39.8 Å². The van der Waals surface area contributed by atoms with E-state index in [1.165, 1.54) is 22.9 Å². The summed E-state index contributed by atoms with van der Waals surface area (Å²) < 4.78 is 35.1. The number of rotatable bonds is 15. The van der Waals surface area contributed by atoms with Crippen LogP contribution in [0.3, 0.4) is 0 Å². The lowest BCUT2D eigenvalue weighted by Gasteiger charge is -2.22. The van der Waals surface area contributed by atoms with E-state index in [0.717, 1.165) is 0 Å². The topological polar surface area (TPSA) is 187 Å². The number of likely N-dealkylation sites (N-methyl/N-ethyl adjacent to an activating group) is 1. The van der Waals surface area contributed by atoms with Gasteiger partial charge in [-0.3, -0.25) is 28.2 Å². The van der Waals surface area contributed by atoms with Crippen LogP contribution < -0.4 is 22.3 Å². The van der Waals surface area contributed by atoms with Crippen LogP contribution >= 0.6 is 7.82 Å². The summed E-state index contributed by atoms with van der Waals surface area (Å²) in [7, 11) is -2.43. The Morgan fingerprint density at radius 2 is 2.05 bits per heavy atom. The molecule has 216 valence electrons. The number of nitrogens with zero attached hydrogens (tertiary/aromatic N) is 2. The van der Waals surface area contributed by atoms with Crippen molar-refractivity contribution in [1.29, 1.82) is 0 Å². The first-order chi connectivity index (χ1) is 17.8. The van der Waals surface area contributed by atoms with Crippen LogP contribution in [-0.4, -0.2) is 89.5 Å². The number of nitrogens with one attached hydrogen (secondary N) is 2. The van der Waals surface area contributed by atoms with Crippen LogP contribution in [0.4, 0.5) is 0 Å². The monoisotopic (exact) mass is 561 g/mol. The van der Waals surface area contributed by atoms with Crippen molar-refractivity contribution in [2.24, 2.45) is 5.73 Å². The third-order valence-corrected chi connectivity index (χ3v) is 6.56. The Morgan fingerprint density at radius 1 is 1.34 bits per heavy atom. The van der Waals surface area contributed by atoms with Gasteiger partial charge in [-0.2, -0.15) is 0 Å². The zero-order valence-corrected chi connectivity index (χ0v) is 23.4. The van der Waals surface area contributed by atoms with Gasteiger partial charge in [-0.25, -0.2) is 9.36 Å². The molecule has 14 nitrogen and oxygen atoms in total. The third kappa shape index (κ3) is 10.5. The lowest BCUT2D eigenvalue weighted by Crippen LogP contribution is -2.35. The second-order valence-electron chi connectivity index (χ2n) is 9.47. The van der Waals surface area contributed by atoms with E-state index in [9.17, 15) is 23.8 Å². The molecule has 0 bridgehead atoms. The summed E-state index contributed by atoms with van der Waals surface area (Å²) >= 11 is 0. The average Bonchev–Trinajstić information content (AvgIpc) is 3.18. The van der Waals surface area contributed by atoms with Crippen LogP contribution in [-0.2, 0) is 27.9 Å². The van der Waals surface area contributed by atoms with Crippen LogP contribution in [0.15, 0.2) is 21.9 Å². The Morgan fingerprint density at radius 3 is 2.68 bits per heavy atom. The Kier molecular flexibility index (Phi) is 12.5. The maximum atomic E-state index is 12.6. The first kappa shape index (κ1) is 32.1. The molecule has 4 unspecified atom stereocenters. The fourth-order valence-electron chi connectivity index (χ4n) is 3.74. The predicted octanol–water partition coefficient (Wildman–Crippen LogP) is 0.180. The fraction of sp³-hybridized carbons (Fsp3) is 0.696. The molecule has 0 aromatic carbocycles. The summed E-state index contributed by atoms with van der Waals surface area (Å²) in [5, 5.41) is 2.71. The Hall–Kier alpha value is -2.16. The second kappa shape index (κ2) is 14.8. The number of amides is 1. The minimum absolute atomic E-state index is 0.0646. The Bertz CT molecular complexity index is 1100. The summed E-state index contributed by atoms with van der Waals surface area (Å²) in [6.07, 6.45) is 1.05. The van der Waals surface area contributed by atoms with Gasteiger partial charge in [0.1, 0.15) is 12.3 Å². The molecule has 0 spiro atoms. The van der Waals surface area contributed by atoms with Gasteiger partial charge in [0.2, 0.25) is 5.91 Å². The maximum Gasteiger partial charge on any atom is 0.472 e. The molecule has 38 heavy (non-hydrogen) atoms. The zero-order valence-electron chi connectivity index (χ0n) is 22.5. The number of aromatic amines is 1. The molecule has 4 atom stereocenters. The number of phosphoric acid groups is 1. The maximum absolute atomic E-state index is 12.6. The summed E-state index contributed by atoms with van der Waals surface area (Å²) in [5.74, 6) is -0.403. The van der Waals surface area contributed by atoms with Crippen LogP contribution in [0, 0.1) is 0 Å². The van der Waals surface area contributed by atoms with Crippen LogP contribution in [0.1, 0.15) is 45.9 Å². The number of carbonyl (C=O) groups is 1. The van der Waals surface area contributed by atoms with Crippen LogP contribution in [0.5, 0.6) is 0 Å². The van der Waals surface area contributed by atoms with Crippen molar-refractivity contribution in [2.45, 2.75) is 64.8 Å². The lowest BCUT2D eigenvalue weighted by atomic mass is 10.2. The highest BCUT2D eigenvalue weighted by atomic mass is 31.2. The molecule has 1 aliphatic rings. The van der Waals surface area contributed by atoms with Gasteiger partial charge in [-0.1, -0.05) is 0 Å². The number of H-pyrrole nitrogens is 1. The normalized spacial score (nSPS) is 21.6. The van der Waals surface area contributed by atoms with Crippen molar-refractivity contribution < 1.29 is 32.8 Å². The number of hydrogen-bond acceptors (Lipinski definition) is 10. The molecule has 0 saturated carbocycles. The van der Waals surface area contributed by atoms with Gasteiger partial charge >= 0.3 is 13.5 Å². The van der Waals surface area contributed by atoms with Gasteiger partial charge in [-0.05, 0) is 40.8 Å². The summed E-state index contributed by atoms with van der Waals surface area (Å²) in [5.41, 5.74) is 4.17. The van der Waals surface area contributed by atoms with Gasteiger partial charge < -0.3 is 30.3 Å². The minimum atomic E-state index is -4.32. The first-order valence-corrected chi connectivity index (χ1v) is 14.0. The number of aromatic nitrogens is 2. The van der Waals surface area contributed by atoms with E-state index in [1.54, 1.807) is 13.8 Å². The molecule has 2 heterocycles. The van der Waals surface area contributed by atoms with E-state index in [-0.39, 0.29) is 24.7 Å². The van der Waals surface area contributed by atoms with E-state index >= 15 is 0 Å². The summed E-state index contributed by atoms with van der Waals surface area (Å²) in [4.78, 5) is 51.2. The molecular weight excluding hydrogens is 521 g/mol. The van der Waals surface area contributed by atoms with Crippen molar-refractivity contribution in [1.82, 2.24) is 19.8 Å². The molecular formula is C23H40N5O9P. The first-order valence-electron chi connectivity index (χ1n) is 12.5. The quantitative estimate of drug-likeness (QED) is 0.169. The highest BCUT2D eigenvalue weighted by molar-refractivity contribution is 7.47. The summed E-state index contributed by atoms with van der Waals surface area (Å²) in [6.45, 7) is 8.74. The van der Waals surface area contributed by atoms with Crippen molar-refractivity contribution in [3.05, 3.63) is 38.7 Å². The SMILES string of the molecule is CC(C)OC1CC(n2cc(/C=C/C(=O)NCCN(C)CCN)c(=O)[nH]c2=O)OC1COP(=O)(O)OC(C)C. The number of ether oxygens (including phenoxy) is 2.